The summed E-state index contributed by atoms with van der Waals surface area (Å²) in [5.41, 5.74) is -0.874. The number of amides is 1. The SMILES string of the molecule is CCC1(C(=O)N2CC(C)(O)C2)CCCNC1. The lowest BCUT2D eigenvalue weighted by atomic mass is 9.75. The zero-order chi connectivity index (χ0) is 11.8. The van der Waals surface area contributed by atoms with Crippen molar-refractivity contribution < 1.29 is 9.90 Å². The Kier molecular flexibility index (Phi) is 2.97. The van der Waals surface area contributed by atoms with Crippen LogP contribution in [0.3, 0.4) is 0 Å². The molecule has 1 unspecified atom stereocenters. The first-order chi connectivity index (χ1) is 7.49. The minimum atomic E-state index is -0.660. The lowest BCUT2D eigenvalue weighted by Gasteiger charge is -2.49. The van der Waals surface area contributed by atoms with Crippen LogP contribution >= 0.6 is 0 Å². The first-order valence-corrected chi connectivity index (χ1v) is 6.22. The van der Waals surface area contributed by atoms with Gasteiger partial charge in [0.25, 0.3) is 0 Å². The number of carbonyl (C=O) groups excluding carboxylic acids is 1. The molecule has 2 aliphatic rings. The summed E-state index contributed by atoms with van der Waals surface area (Å²) in [6.45, 7) is 6.67. The molecule has 2 fully saturated rings. The molecule has 0 bridgehead atoms. The molecule has 2 rings (SSSR count). The monoisotopic (exact) mass is 226 g/mol. The molecule has 0 aliphatic carbocycles. The molecule has 0 saturated carbocycles. The second-order valence-corrected chi connectivity index (χ2v) is 5.57. The maximum atomic E-state index is 12.4. The molecule has 0 aromatic carbocycles. The number of hydrogen-bond donors (Lipinski definition) is 2. The van der Waals surface area contributed by atoms with Crippen LogP contribution in [0.15, 0.2) is 0 Å². The second kappa shape index (κ2) is 4.00. The summed E-state index contributed by atoms with van der Waals surface area (Å²) in [5.74, 6) is 0.230. The van der Waals surface area contributed by atoms with E-state index in [9.17, 15) is 9.90 Å². The van der Waals surface area contributed by atoms with Gasteiger partial charge in [0.05, 0.1) is 24.1 Å². The molecule has 2 heterocycles. The van der Waals surface area contributed by atoms with Crippen molar-refractivity contribution in [2.24, 2.45) is 5.41 Å². The Morgan fingerprint density at radius 3 is 2.62 bits per heavy atom. The van der Waals surface area contributed by atoms with Gasteiger partial charge in [-0.3, -0.25) is 4.79 Å². The number of nitrogens with zero attached hydrogens (tertiary/aromatic N) is 1. The number of carbonyl (C=O) groups is 1. The van der Waals surface area contributed by atoms with E-state index < -0.39 is 5.60 Å². The van der Waals surface area contributed by atoms with E-state index in [0.29, 0.717) is 13.1 Å². The summed E-state index contributed by atoms with van der Waals surface area (Å²) < 4.78 is 0. The van der Waals surface area contributed by atoms with Gasteiger partial charge in [0.1, 0.15) is 0 Å². The predicted octanol–water partition coefficient (Wildman–Crippen LogP) is 0.359. The van der Waals surface area contributed by atoms with Crippen LogP contribution in [0.2, 0.25) is 0 Å². The smallest absolute Gasteiger partial charge is 0.230 e. The van der Waals surface area contributed by atoms with E-state index in [2.05, 4.69) is 12.2 Å². The maximum absolute atomic E-state index is 12.4. The standard InChI is InChI=1S/C12H22N2O2/c1-3-12(5-4-6-13-7-12)10(15)14-8-11(2,16)9-14/h13,16H,3-9H2,1-2H3. The quantitative estimate of drug-likeness (QED) is 0.715. The van der Waals surface area contributed by atoms with E-state index in [0.717, 1.165) is 32.4 Å². The van der Waals surface area contributed by atoms with Crippen LogP contribution in [0, 0.1) is 5.41 Å². The van der Waals surface area contributed by atoms with Crippen molar-refractivity contribution in [3.63, 3.8) is 0 Å². The zero-order valence-corrected chi connectivity index (χ0v) is 10.3. The van der Waals surface area contributed by atoms with Gasteiger partial charge in [-0.1, -0.05) is 6.92 Å². The van der Waals surface area contributed by atoms with E-state index >= 15 is 0 Å². The average molecular weight is 226 g/mol. The normalized spacial score (nSPS) is 33.3. The van der Waals surface area contributed by atoms with Crippen molar-refractivity contribution in [1.82, 2.24) is 10.2 Å². The molecule has 16 heavy (non-hydrogen) atoms. The Bertz CT molecular complexity index is 275. The number of likely N-dealkylation sites (tertiary alicyclic amines) is 1. The van der Waals surface area contributed by atoms with Crippen molar-refractivity contribution in [3.05, 3.63) is 0 Å². The molecule has 4 nitrogen and oxygen atoms in total. The summed E-state index contributed by atoms with van der Waals surface area (Å²) >= 11 is 0. The lowest BCUT2D eigenvalue weighted by Crippen LogP contribution is -2.65. The molecular formula is C12H22N2O2. The number of piperidine rings is 1. The van der Waals surface area contributed by atoms with Gasteiger partial charge in [-0.25, -0.2) is 0 Å². The number of aliphatic hydroxyl groups is 1. The first-order valence-electron chi connectivity index (χ1n) is 6.22. The fourth-order valence-corrected chi connectivity index (χ4v) is 2.86. The van der Waals surface area contributed by atoms with Crippen molar-refractivity contribution in [2.45, 2.75) is 38.7 Å². The summed E-state index contributed by atoms with van der Waals surface area (Å²) in [4.78, 5) is 14.2. The summed E-state index contributed by atoms with van der Waals surface area (Å²) in [5, 5.41) is 13.0. The van der Waals surface area contributed by atoms with Crippen LogP contribution in [0.1, 0.15) is 33.1 Å². The molecule has 1 amide bonds. The van der Waals surface area contributed by atoms with Gasteiger partial charge in [-0.2, -0.15) is 0 Å². The fraction of sp³-hybridized carbons (Fsp3) is 0.917. The largest absolute Gasteiger partial charge is 0.386 e. The van der Waals surface area contributed by atoms with Crippen LogP contribution < -0.4 is 5.32 Å². The van der Waals surface area contributed by atoms with E-state index in [4.69, 9.17) is 0 Å². The molecule has 1 atom stereocenters. The fourth-order valence-electron chi connectivity index (χ4n) is 2.86. The van der Waals surface area contributed by atoms with Crippen LogP contribution in [-0.4, -0.2) is 47.7 Å². The van der Waals surface area contributed by atoms with Crippen molar-refractivity contribution in [1.29, 1.82) is 0 Å². The van der Waals surface area contributed by atoms with Gasteiger partial charge in [0.15, 0.2) is 0 Å². The molecule has 2 saturated heterocycles. The number of nitrogens with one attached hydrogen (secondary N) is 1. The molecule has 0 spiro atoms. The van der Waals surface area contributed by atoms with E-state index in [1.807, 2.05) is 0 Å². The Balaban J connectivity index is 2.02. The Labute approximate surface area is 97.0 Å². The molecule has 0 aromatic rings. The van der Waals surface area contributed by atoms with Crippen LogP contribution in [0.5, 0.6) is 0 Å². The van der Waals surface area contributed by atoms with Gasteiger partial charge in [-0.15, -0.1) is 0 Å². The first kappa shape index (κ1) is 11.9. The van der Waals surface area contributed by atoms with Gasteiger partial charge < -0.3 is 15.3 Å². The Hall–Kier alpha value is -0.610. The second-order valence-electron chi connectivity index (χ2n) is 5.57. The van der Waals surface area contributed by atoms with E-state index in [1.54, 1.807) is 11.8 Å². The summed E-state index contributed by atoms with van der Waals surface area (Å²) in [7, 11) is 0. The third-order valence-electron chi connectivity index (χ3n) is 3.95. The lowest BCUT2D eigenvalue weighted by molar-refractivity contribution is -0.164. The van der Waals surface area contributed by atoms with Crippen molar-refractivity contribution in [2.75, 3.05) is 26.2 Å². The Morgan fingerprint density at radius 2 is 2.19 bits per heavy atom. The predicted molar refractivity (Wildman–Crippen MR) is 62.0 cm³/mol. The molecular weight excluding hydrogens is 204 g/mol. The minimum Gasteiger partial charge on any atom is -0.386 e. The molecule has 4 heteroatoms. The highest BCUT2D eigenvalue weighted by molar-refractivity contribution is 5.84. The average Bonchev–Trinajstić information content (AvgIpc) is 2.25. The molecule has 0 radical (unpaired) electrons. The third-order valence-corrected chi connectivity index (χ3v) is 3.95. The Morgan fingerprint density at radius 1 is 1.50 bits per heavy atom. The number of rotatable bonds is 2. The van der Waals surface area contributed by atoms with Gasteiger partial charge in [-0.05, 0) is 32.7 Å². The van der Waals surface area contributed by atoms with Gasteiger partial charge in [0, 0.05) is 6.54 Å². The molecule has 0 aromatic heterocycles. The highest BCUT2D eigenvalue weighted by Gasteiger charge is 2.47. The highest BCUT2D eigenvalue weighted by atomic mass is 16.3. The minimum absolute atomic E-state index is 0.214. The van der Waals surface area contributed by atoms with Crippen LogP contribution in [0.25, 0.3) is 0 Å². The zero-order valence-electron chi connectivity index (χ0n) is 10.3. The maximum Gasteiger partial charge on any atom is 0.230 e. The van der Waals surface area contributed by atoms with Crippen LogP contribution in [0.4, 0.5) is 0 Å². The highest BCUT2D eigenvalue weighted by Crippen LogP contribution is 2.35. The van der Waals surface area contributed by atoms with Crippen LogP contribution in [-0.2, 0) is 4.79 Å². The molecule has 2 aliphatic heterocycles. The van der Waals surface area contributed by atoms with Gasteiger partial charge >= 0.3 is 0 Å². The molecule has 2 N–H and O–H groups in total. The summed E-state index contributed by atoms with van der Waals surface area (Å²) in [6.07, 6.45) is 2.94. The number of β-amino-alcohol motifs (C(OH)–C–C–N with tert-alkyl or cyclic N) is 1. The van der Waals surface area contributed by atoms with Crippen molar-refractivity contribution >= 4 is 5.91 Å². The van der Waals surface area contributed by atoms with E-state index in [-0.39, 0.29) is 11.3 Å². The topological polar surface area (TPSA) is 52.6 Å². The van der Waals surface area contributed by atoms with Gasteiger partial charge in [0.2, 0.25) is 5.91 Å². The third kappa shape index (κ3) is 1.96. The van der Waals surface area contributed by atoms with E-state index in [1.165, 1.54) is 0 Å². The molecule has 92 valence electrons. The van der Waals surface area contributed by atoms with Crippen molar-refractivity contribution in [3.8, 4) is 0 Å². The summed E-state index contributed by atoms with van der Waals surface area (Å²) in [6, 6.07) is 0. The number of hydrogen-bond acceptors (Lipinski definition) is 3.